The Kier molecular flexibility index (Phi) is 4.49. The van der Waals surface area contributed by atoms with Gasteiger partial charge in [0.2, 0.25) is 11.7 Å². The second kappa shape index (κ2) is 5.68. The Morgan fingerprint density at radius 1 is 1.39 bits per heavy atom. The minimum atomic E-state index is -1.14. The number of hydrogen-bond acceptors (Lipinski definition) is 4. The molecule has 4 N–H and O–H groups in total. The Morgan fingerprint density at radius 2 is 2.00 bits per heavy atom. The molecule has 100 valence electrons. The quantitative estimate of drug-likeness (QED) is 0.705. The molecule has 18 heavy (non-hydrogen) atoms. The van der Waals surface area contributed by atoms with E-state index in [-0.39, 0.29) is 18.2 Å². The molecular weight excluding hydrogens is 236 g/mol. The van der Waals surface area contributed by atoms with E-state index in [1.807, 2.05) is 13.8 Å². The maximum absolute atomic E-state index is 11.8. The molecule has 0 aromatic carbocycles. The van der Waals surface area contributed by atoms with Gasteiger partial charge in [0.1, 0.15) is 5.76 Å². The van der Waals surface area contributed by atoms with Gasteiger partial charge in [0, 0.05) is 0 Å². The SMILES string of the molecule is CCC(N)(CC)C(=O)NCc1ccc(C(=O)O)o1. The normalized spacial score (nSPS) is 11.3. The zero-order valence-corrected chi connectivity index (χ0v) is 10.5. The molecule has 0 unspecified atom stereocenters. The summed E-state index contributed by atoms with van der Waals surface area (Å²) in [7, 11) is 0. The summed E-state index contributed by atoms with van der Waals surface area (Å²) in [5.41, 5.74) is 5.03. The Bertz CT molecular complexity index is 435. The Labute approximate surface area is 105 Å². The molecule has 0 spiro atoms. The lowest BCUT2D eigenvalue weighted by molar-refractivity contribution is -0.126. The number of carbonyl (C=O) groups is 2. The van der Waals surface area contributed by atoms with E-state index in [2.05, 4.69) is 5.32 Å². The van der Waals surface area contributed by atoms with Crippen molar-refractivity contribution in [2.75, 3.05) is 0 Å². The maximum Gasteiger partial charge on any atom is 0.371 e. The highest BCUT2D eigenvalue weighted by atomic mass is 16.4. The zero-order valence-electron chi connectivity index (χ0n) is 10.5. The monoisotopic (exact) mass is 254 g/mol. The summed E-state index contributed by atoms with van der Waals surface area (Å²) in [5, 5.41) is 11.3. The minimum Gasteiger partial charge on any atom is -0.475 e. The highest BCUT2D eigenvalue weighted by Crippen LogP contribution is 2.12. The Hall–Kier alpha value is -1.82. The number of carboxylic acids is 1. The smallest absolute Gasteiger partial charge is 0.371 e. The summed E-state index contributed by atoms with van der Waals surface area (Å²) in [6.45, 7) is 3.82. The highest BCUT2D eigenvalue weighted by molar-refractivity contribution is 5.86. The maximum atomic E-state index is 11.8. The van der Waals surface area contributed by atoms with Crippen LogP contribution in [-0.2, 0) is 11.3 Å². The van der Waals surface area contributed by atoms with Crippen molar-refractivity contribution >= 4 is 11.9 Å². The summed E-state index contributed by atoms with van der Waals surface area (Å²) >= 11 is 0. The van der Waals surface area contributed by atoms with Crippen LogP contribution in [0.5, 0.6) is 0 Å². The predicted octanol–water partition coefficient (Wildman–Crippen LogP) is 1.11. The third-order valence-electron chi connectivity index (χ3n) is 3.01. The molecule has 0 atom stereocenters. The lowest BCUT2D eigenvalue weighted by Crippen LogP contribution is -2.52. The van der Waals surface area contributed by atoms with Crippen molar-refractivity contribution in [2.24, 2.45) is 5.73 Å². The average Bonchev–Trinajstić information content (AvgIpc) is 2.83. The van der Waals surface area contributed by atoms with Crippen molar-refractivity contribution in [1.82, 2.24) is 5.32 Å². The summed E-state index contributed by atoms with van der Waals surface area (Å²) in [6, 6.07) is 2.86. The van der Waals surface area contributed by atoms with Crippen molar-refractivity contribution in [1.29, 1.82) is 0 Å². The van der Waals surface area contributed by atoms with Gasteiger partial charge in [-0.25, -0.2) is 4.79 Å². The van der Waals surface area contributed by atoms with Gasteiger partial charge in [-0.1, -0.05) is 13.8 Å². The van der Waals surface area contributed by atoms with E-state index < -0.39 is 11.5 Å². The molecule has 1 amide bonds. The van der Waals surface area contributed by atoms with Crippen LogP contribution in [0.15, 0.2) is 16.5 Å². The molecule has 0 aliphatic rings. The van der Waals surface area contributed by atoms with Gasteiger partial charge < -0.3 is 20.6 Å². The van der Waals surface area contributed by atoms with E-state index in [1.54, 1.807) is 0 Å². The molecule has 0 aliphatic carbocycles. The molecule has 0 fully saturated rings. The van der Waals surface area contributed by atoms with Crippen LogP contribution in [-0.4, -0.2) is 22.5 Å². The zero-order chi connectivity index (χ0) is 13.8. The van der Waals surface area contributed by atoms with E-state index in [0.29, 0.717) is 18.6 Å². The molecule has 0 aliphatic heterocycles. The Morgan fingerprint density at radius 3 is 2.44 bits per heavy atom. The van der Waals surface area contributed by atoms with Gasteiger partial charge >= 0.3 is 5.97 Å². The van der Waals surface area contributed by atoms with Crippen LogP contribution in [0.4, 0.5) is 0 Å². The number of nitrogens with one attached hydrogen (secondary N) is 1. The van der Waals surface area contributed by atoms with Gasteiger partial charge in [0.25, 0.3) is 0 Å². The van der Waals surface area contributed by atoms with Crippen LogP contribution in [0, 0.1) is 0 Å². The third-order valence-corrected chi connectivity index (χ3v) is 3.01. The van der Waals surface area contributed by atoms with Gasteiger partial charge in [-0.3, -0.25) is 4.79 Å². The number of furan rings is 1. The van der Waals surface area contributed by atoms with Gasteiger partial charge in [-0.2, -0.15) is 0 Å². The first-order valence-electron chi connectivity index (χ1n) is 5.82. The number of amides is 1. The van der Waals surface area contributed by atoms with Crippen molar-refractivity contribution in [3.05, 3.63) is 23.7 Å². The van der Waals surface area contributed by atoms with E-state index in [1.165, 1.54) is 12.1 Å². The van der Waals surface area contributed by atoms with Crippen molar-refractivity contribution in [3.8, 4) is 0 Å². The number of carboxylic acid groups (broad SMARTS) is 1. The first kappa shape index (κ1) is 14.2. The third kappa shape index (κ3) is 3.10. The number of rotatable bonds is 6. The number of aromatic carboxylic acids is 1. The highest BCUT2D eigenvalue weighted by Gasteiger charge is 2.29. The van der Waals surface area contributed by atoms with E-state index in [4.69, 9.17) is 15.3 Å². The van der Waals surface area contributed by atoms with E-state index in [9.17, 15) is 9.59 Å². The molecular formula is C12H18N2O4. The lowest BCUT2D eigenvalue weighted by atomic mass is 9.93. The Balaban J connectivity index is 2.59. The van der Waals surface area contributed by atoms with Crippen LogP contribution in [0.3, 0.4) is 0 Å². The van der Waals surface area contributed by atoms with Crippen LogP contribution < -0.4 is 11.1 Å². The fourth-order valence-corrected chi connectivity index (χ4v) is 1.50. The number of carbonyl (C=O) groups excluding carboxylic acids is 1. The van der Waals surface area contributed by atoms with Crippen LogP contribution in [0.2, 0.25) is 0 Å². The summed E-state index contributed by atoms with van der Waals surface area (Å²) < 4.78 is 5.02. The van der Waals surface area contributed by atoms with Gasteiger partial charge in [0.15, 0.2) is 0 Å². The van der Waals surface area contributed by atoms with Crippen molar-refractivity contribution in [3.63, 3.8) is 0 Å². The molecule has 1 aromatic rings. The van der Waals surface area contributed by atoms with Crippen LogP contribution >= 0.6 is 0 Å². The first-order valence-corrected chi connectivity index (χ1v) is 5.82. The molecule has 0 bridgehead atoms. The van der Waals surface area contributed by atoms with Crippen LogP contribution in [0.25, 0.3) is 0 Å². The number of nitrogens with two attached hydrogens (primary N) is 1. The second-order valence-corrected chi connectivity index (χ2v) is 4.12. The fourth-order valence-electron chi connectivity index (χ4n) is 1.50. The fraction of sp³-hybridized carbons (Fsp3) is 0.500. The topological polar surface area (TPSA) is 106 Å². The average molecular weight is 254 g/mol. The van der Waals surface area contributed by atoms with Crippen molar-refractivity contribution in [2.45, 2.75) is 38.8 Å². The number of hydrogen-bond donors (Lipinski definition) is 3. The second-order valence-electron chi connectivity index (χ2n) is 4.12. The molecule has 6 heteroatoms. The van der Waals surface area contributed by atoms with Gasteiger partial charge in [-0.15, -0.1) is 0 Å². The van der Waals surface area contributed by atoms with Crippen LogP contribution in [0.1, 0.15) is 43.0 Å². The molecule has 0 radical (unpaired) electrons. The molecule has 0 saturated carbocycles. The standard InChI is InChI=1S/C12H18N2O4/c1-3-12(13,4-2)11(17)14-7-8-5-6-9(18-8)10(15)16/h5-6H,3-4,7,13H2,1-2H3,(H,14,17)(H,15,16). The summed E-state index contributed by atoms with van der Waals surface area (Å²) in [4.78, 5) is 22.5. The minimum absolute atomic E-state index is 0.130. The summed E-state index contributed by atoms with van der Waals surface area (Å²) in [5.74, 6) is -1.16. The largest absolute Gasteiger partial charge is 0.475 e. The lowest BCUT2D eigenvalue weighted by Gasteiger charge is -2.24. The first-order chi connectivity index (χ1) is 8.42. The van der Waals surface area contributed by atoms with Gasteiger partial charge in [-0.05, 0) is 25.0 Å². The molecule has 6 nitrogen and oxygen atoms in total. The van der Waals surface area contributed by atoms with E-state index >= 15 is 0 Å². The van der Waals surface area contributed by atoms with E-state index in [0.717, 1.165) is 0 Å². The molecule has 0 saturated heterocycles. The molecule has 1 aromatic heterocycles. The van der Waals surface area contributed by atoms with Crippen molar-refractivity contribution < 1.29 is 19.1 Å². The molecule has 1 rings (SSSR count). The predicted molar refractivity (Wildman–Crippen MR) is 65.0 cm³/mol. The molecule has 1 heterocycles. The summed E-state index contributed by atoms with van der Waals surface area (Å²) in [6.07, 6.45) is 1.07. The van der Waals surface area contributed by atoms with Gasteiger partial charge in [0.05, 0.1) is 12.1 Å².